The first-order valence-electron chi connectivity index (χ1n) is 9.86. The number of likely N-dealkylation sites (tertiary alicyclic amines) is 1. The molecule has 0 atom stereocenters. The van der Waals surface area contributed by atoms with Crippen LogP contribution in [0.2, 0.25) is 0 Å². The highest BCUT2D eigenvalue weighted by molar-refractivity contribution is 14.0. The maximum Gasteiger partial charge on any atom is 0.224 e. The van der Waals surface area contributed by atoms with E-state index in [9.17, 15) is 9.18 Å². The highest BCUT2D eigenvalue weighted by Crippen LogP contribution is 2.17. The average molecular weight is 503 g/mol. The van der Waals surface area contributed by atoms with Crippen molar-refractivity contribution < 1.29 is 9.18 Å². The molecule has 1 aromatic carbocycles. The first kappa shape index (κ1) is 22.7. The van der Waals surface area contributed by atoms with Crippen LogP contribution in [0.5, 0.6) is 0 Å². The predicted octanol–water partition coefficient (Wildman–Crippen LogP) is 2.53. The Morgan fingerprint density at radius 1 is 1.07 bits per heavy atom. The Kier molecular flexibility index (Phi) is 8.78. The number of piperidine rings is 1. The molecule has 0 spiro atoms. The molecule has 0 radical (unpaired) electrons. The van der Waals surface area contributed by atoms with Crippen molar-refractivity contribution in [2.75, 3.05) is 50.7 Å². The van der Waals surface area contributed by atoms with Gasteiger partial charge in [-0.25, -0.2) is 4.39 Å². The molecule has 0 aliphatic carbocycles. The van der Waals surface area contributed by atoms with Crippen LogP contribution in [0.15, 0.2) is 29.3 Å². The fourth-order valence-corrected chi connectivity index (χ4v) is 3.63. The Labute approximate surface area is 184 Å². The molecule has 1 aromatic rings. The van der Waals surface area contributed by atoms with Crippen molar-refractivity contribution in [1.29, 1.82) is 0 Å². The van der Waals surface area contributed by atoms with Gasteiger partial charge in [-0.1, -0.05) is 6.92 Å². The third-order valence-electron chi connectivity index (χ3n) is 5.53. The molecule has 0 bridgehead atoms. The Morgan fingerprint density at radius 3 is 2.29 bits per heavy atom. The number of carbonyl (C=O) groups excluding carboxylic acids is 1. The molecule has 0 saturated carbocycles. The second-order valence-corrected chi connectivity index (χ2v) is 7.50. The SMILES string of the molecule is CC1CCN(C(N)=NCCC(=O)N2CCN(c3ccc(F)cc3)CC2)CC1.I. The van der Waals surface area contributed by atoms with Crippen molar-refractivity contribution in [2.24, 2.45) is 16.6 Å². The number of halogens is 2. The molecule has 2 N–H and O–H groups in total. The largest absolute Gasteiger partial charge is 0.370 e. The van der Waals surface area contributed by atoms with E-state index in [0.717, 1.165) is 50.6 Å². The van der Waals surface area contributed by atoms with Gasteiger partial charge in [-0.15, -0.1) is 24.0 Å². The van der Waals surface area contributed by atoms with Gasteiger partial charge in [0.2, 0.25) is 5.91 Å². The summed E-state index contributed by atoms with van der Waals surface area (Å²) in [6.45, 7) is 7.49. The van der Waals surface area contributed by atoms with Crippen LogP contribution in [0.1, 0.15) is 26.2 Å². The zero-order valence-electron chi connectivity index (χ0n) is 16.5. The van der Waals surface area contributed by atoms with E-state index in [2.05, 4.69) is 21.7 Å². The summed E-state index contributed by atoms with van der Waals surface area (Å²) >= 11 is 0. The molecule has 3 rings (SSSR count). The van der Waals surface area contributed by atoms with Crippen molar-refractivity contribution in [3.8, 4) is 0 Å². The van der Waals surface area contributed by atoms with Crippen molar-refractivity contribution >= 4 is 41.5 Å². The fourth-order valence-electron chi connectivity index (χ4n) is 3.63. The van der Waals surface area contributed by atoms with Crippen LogP contribution in [-0.2, 0) is 4.79 Å². The van der Waals surface area contributed by atoms with Crippen LogP contribution in [0.3, 0.4) is 0 Å². The summed E-state index contributed by atoms with van der Waals surface area (Å²) in [5.41, 5.74) is 7.07. The summed E-state index contributed by atoms with van der Waals surface area (Å²) in [5, 5.41) is 0. The van der Waals surface area contributed by atoms with Gasteiger partial charge in [0.15, 0.2) is 5.96 Å². The summed E-state index contributed by atoms with van der Waals surface area (Å²) in [4.78, 5) is 23.0. The lowest BCUT2D eigenvalue weighted by atomic mass is 10.00. The topological polar surface area (TPSA) is 65.2 Å². The van der Waals surface area contributed by atoms with E-state index < -0.39 is 0 Å². The van der Waals surface area contributed by atoms with Gasteiger partial charge in [0.05, 0.1) is 6.54 Å². The molecule has 28 heavy (non-hydrogen) atoms. The summed E-state index contributed by atoms with van der Waals surface area (Å²) < 4.78 is 13.0. The number of benzene rings is 1. The number of rotatable bonds is 4. The number of amides is 1. The van der Waals surface area contributed by atoms with Crippen molar-refractivity contribution in [1.82, 2.24) is 9.80 Å². The third kappa shape index (κ3) is 6.22. The molecule has 2 aliphatic rings. The Bertz CT molecular complexity index is 653. The number of aliphatic imine (C=N–C) groups is 1. The molecule has 0 aromatic heterocycles. The quantitative estimate of drug-likeness (QED) is 0.390. The molecule has 8 heteroatoms. The molecule has 1 amide bonds. The smallest absolute Gasteiger partial charge is 0.224 e. The molecule has 2 saturated heterocycles. The van der Waals surface area contributed by atoms with Crippen molar-refractivity contribution in [3.05, 3.63) is 30.1 Å². The summed E-state index contributed by atoms with van der Waals surface area (Å²) in [5.74, 6) is 1.21. The minimum absolute atomic E-state index is 0. The molecule has 0 unspecified atom stereocenters. The molecule has 2 fully saturated rings. The monoisotopic (exact) mass is 503 g/mol. The Hall–Kier alpha value is -1.58. The number of guanidine groups is 1. The van der Waals surface area contributed by atoms with Crippen LogP contribution in [0.25, 0.3) is 0 Å². The van der Waals surface area contributed by atoms with E-state index in [1.807, 2.05) is 4.90 Å². The van der Waals surface area contributed by atoms with E-state index in [1.54, 1.807) is 12.1 Å². The lowest BCUT2D eigenvalue weighted by Gasteiger charge is -2.36. The first-order chi connectivity index (χ1) is 13.0. The average Bonchev–Trinajstić information content (AvgIpc) is 2.69. The molecule has 6 nitrogen and oxygen atoms in total. The number of nitrogens with zero attached hydrogens (tertiary/aromatic N) is 4. The van der Waals surface area contributed by atoms with Gasteiger partial charge < -0.3 is 20.4 Å². The third-order valence-corrected chi connectivity index (χ3v) is 5.53. The highest BCUT2D eigenvalue weighted by atomic mass is 127. The van der Waals surface area contributed by atoms with E-state index >= 15 is 0 Å². The lowest BCUT2D eigenvalue weighted by Crippen LogP contribution is -2.49. The highest BCUT2D eigenvalue weighted by Gasteiger charge is 2.21. The van der Waals surface area contributed by atoms with E-state index in [4.69, 9.17) is 5.73 Å². The predicted molar refractivity (Wildman–Crippen MR) is 122 cm³/mol. The lowest BCUT2D eigenvalue weighted by molar-refractivity contribution is -0.131. The van der Waals surface area contributed by atoms with Gasteiger partial charge >= 0.3 is 0 Å². The fraction of sp³-hybridized carbons (Fsp3) is 0.600. The van der Waals surface area contributed by atoms with Crippen molar-refractivity contribution in [2.45, 2.75) is 26.2 Å². The maximum atomic E-state index is 13.0. The van der Waals surface area contributed by atoms with Crippen LogP contribution < -0.4 is 10.6 Å². The summed E-state index contributed by atoms with van der Waals surface area (Å²) in [7, 11) is 0. The van der Waals surface area contributed by atoms with E-state index in [1.165, 1.54) is 12.1 Å². The second-order valence-electron chi connectivity index (χ2n) is 7.50. The first-order valence-corrected chi connectivity index (χ1v) is 9.86. The van der Waals surface area contributed by atoms with Gasteiger partial charge in [0.1, 0.15) is 5.82 Å². The summed E-state index contributed by atoms with van der Waals surface area (Å²) in [6.07, 6.45) is 2.68. The van der Waals surface area contributed by atoms with Crippen LogP contribution in [-0.4, -0.2) is 67.5 Å². The number of anilines is 1. The van der Waals surface area contributed by atoms with Gasteiger partial charge in [0, 0.05) is 51.4 Å². The van der Waals surface area contributed by atoms with Crippen LogP contribution in [0.4, 0.5) is 10.1 Å². The van der Waals surface area contributed by atoms with Gasteiger partial charge in [-0.3, -0.25) is 9.79 Å². The minimum Gasteiger partial charge on any atom is -0.370 e. The van der Waals surface area contributed by atoms with Crippen LogP contribution in [0, 0.1) is 11.7 Å². The number of piperazine rings is 1. The number of carbonyl (C=O) groups is 1. The summed E-state index contributed by atoms with van der Waals surface area (Å²) in [6, 6.07) is 6.51. The Balaban J connectivity index is 0.00000280. The van der Waals surface area contributed by atoms with E-state index in [0.29, 0.717) is 32.0 Å². The van der Waals surface area contributed by atoms with Crippen LogP contribution >= 0.6 is 24.0 Å². The van der Waals surface area contributed by atoms with E-state index in [-0.39, 0.29) is 35.7 Å². The zero-order valence-corrected chi connectivity index (χ0v) is 18.8. The van der Waals surface area contributed by atoms with Crippen molar-refractivity contribution in [3.63, 3.8) is 0 Å². The molecule has 2 heterocycles. The normalized spacial score (nSPS) is 18.8. The zero-order chi connectivity index (χ0) is 19.2. The Morgan fingerprint density at radius 2 is 1.68 bits per heavy atom. The van der Waals surface area contributed by atoms with Gasteiger partial charge in [0.25, 0.3) is 0 Å². The number of hydrogen-bond donors (Lipinski definition) is 1. The standard InChI is InChI=1S/C20H30FN5O.HI/c1-16-7-10-26(11-8-16)20(22)23-9-6-19(27)25-14-12-24(13-15-25)18-4-2-17(21)3-5-18;/h2-5,16H,6-15H2,1H3,(H2,22,23);1H. The molecule has 2 aliphatic heterocycles. The minimum atomic E-state index is -0.230. The number of hydrogen-bond acceptors (Lipinski definition) is 3. The van der Waals surface area contributed by atoms with Gasteiger partial charge in [-0.2, -0.15) is 0 Å². The molecular formula is C20H31FIN5O. The second kappa shape index (κ2) is 10.8. The molecular weight excluding hydrogens is 472 g/mol. The molecule has 156 valence electrons. The maximum absolute atomic E-state index is 13.0. The van der Waals surface area contributed by atoms with Gasteiger partial charge in [-0.05, 0) is 43.0 Å². The number of nitrogens with two attached hydrogens (primary N) is 1.